The summed E-state index contributed by atoms with van der Waals surface area (Å²) >= 11 is 1.49. The van der Waals surface area contributed by atoms with E-state index in [9.17, 15) is 19.5 Å². The van der Waals surface area contributed by atoms with Gasteiger partial charge in [0.2, 0.25) is 0 Å². The lowest BCUT2D eigenvalue weighted by Gasteiger charge is -2.28. The molecule has 0 radical (unpaired) electrons. The summed E-state index contributed by atoms with van der Waals surface area (Å²) in [5, 5.41) is 14.8. The van der Waals surface area contributed by atoms with E-state index >= 15 is 0 Å². The Bertz CT molecular complexity index is 684. The number of carboxylic acids is 1. The topological polar surface area (TPSA) is 105 Å². The Hall–Kier alpha value is -2.22. The zero-order valence-electron chi connectivity index (χ0n) is 12.4. The second kappa shape index (κ2) is 5.77. The third kappa shape index (κ3) is 2.74. The van der Waals surface area contributed by atoms with Crippen LogP contribution in [0.2, 0.25) is 0 Å². The standard InChI is InChI=1S/C15H16N2O5S/c1-8-12(18)16-10-4-2-3-9(11(10)22-8)13(19)17-15(14(20)21)5-6-23-7-15/h2-4,8H,5-7H2,1H3,(H,16,18)(H,17,19)(H,20,21). The fraction of sp³-hybridized carbons (Fsp3) is 0.400. The van der Waals surface area contributed by atoms with Crippen molar-refractivity contribution in [3.8, 4) is 5.75 Å². The predicted octanol–water partition coefficient (Wildman–Crippen LogP) is 1.10. The van der Waals surface area contributed by atoms with Crippen LogP contribution in [0.4, 0.5) is 5.69 Å². The quantitative estimate of drug-likeness (QED) is 0.763. The average molecular weight is 336 g/mol. The number of amides is 2. The van der Waals surface area contributed by atoms with Crippen LogP contribution in [0.5, 0.6) is 5.75 Å². The first-order valence-corrected chi connectivity index (χ1v) is 8.33. The fourth-order valence-corrected chi connectivity index (χ4v) is 3.90. The van der Waals surface area contributed by atoms with E-state index in [0.29, 0.717) is 23.6 Å². The van der Waals surface area contributed by atoms with Crippen molar-refractivity contribution >= 4 is 35.2 Å². The molecule has 3 N–H and O–H groups in total. The van der Waals surface area contributed by atoms with E-state index < -0.39 is 23.5 Å². The van der Waals surface area contributed by atoms with Crippen LogP contribution >= 0.6 is 11.8 Å². The van der Waals surface area contributed by atoms with Crippen LogP contribution in [0.25, 0.3) is 0 Å². The molecule has 1 saturated heterocycles. The molecule has 2 aliphatic rings. The van der Waals surface area contributed by atoms with E-state index in [1.54, 1.807) is 25.1 Å². The van der Waals surface area contributed by atoms with Gasteiger partial charge in [-0.2, -0.15) is 11.8 Å². The number of nitrogens with one attached hydrogen (secondary N) is 2. The Morgan fingerprint density at radius 1 is 1.48 bits per heavy atom. The number of carboxylic acid groups (broad SMARTS) is 1. The van der Waals surface area contributed by atoms with Crippen molar-refractivity contribution in [2.24, 2.45) is 0 Å². The first kappa shape index (κ1) is 15.7. The Morgan fingerprint density at radius 3 is 2.91 bits per heavy atom. The number of anilines is 1. The number of thioether (sulfide) groups is 1. The summed E-state index contributed by atoms with van der Waals surface area (Å²) in [4.78, 5) is 35.8. The van der Waals surface area contributed by atoms with E-state index in [1.165, 1.54) is 11.8 Å². The van der Waals surface area contributed by atoms with Crippen molar-refractivity contribution in [3.05, 3.63) is 23.8 Å². The molecule has 2 amide bonds. The molecule has 7 nitrogen and oxygen atoms in total. The van der Waals surface area contributed by atoms with Crippen molar-refractivity contribution in [1.82, 2.24) is 5.32 Å². The van der Waals surface area contributed by atoms with Crippen LogP contribution in [0.15, 0.2) is 18.2 Å². The third-order valence-electron chi connectivity index (χ3n) is 3.97. The van der Waals surface area contributed by atoms with E-state index in [-0.39, 0.29) is 17.2 Å². The van der Waals surface area contributed by atoms with Crippen molar-refractivity contribution in [2.45, 2.75) is 25.0 Å². The molecule has 8 heteroatoms. The zero-order valence-corrected chi connectivity index (χ0v) is 13.2. The van der Waals surface area contributed by atoms with Gasteiger partial charge in [-0.3, -0.25) is 9.59 Å². The normalized spacial score (nSPS) is 26.0. The number of fused-ring (bicyclic) bond motifs is 1. The van der Waals surface area contributed by atoms with Crippen LogP contribution in [0, 0.1) is 0 Å². The number of aliphatic carboxylic acids is 1. The van der Waals surface area contributed by atoms with E-state index in [0.717, 1.165) is 0 Å². The minimum Gasteiger partial charge on any atom is -0.479 e. The van der Waals surface area contributed by atoms with Crippen LogP contribution in [-0.2, 0) is 9.59 Å². The second-order valence-corrected chi connectivity index (χ2v) is 6.68. The molecule has 23 heavy (non-hydrogen) atoms. The highest BCUT2D eigenvalue weighted by atomic mass is 32.2. The summed E-state index contributed by atoms with van der Waals surface area (Å²) in [5.41, 5.74) is -0.633. The molecule has 122 valence electrons. The minimum atomic E-state index is -1.26. The average Bonchev–Trinajstić information content (AvgIpc) is 2.97. The van der Waals surface area contributed by atoms with Crippen molar-refractivity contribution in [3.63, 3.8) is 0 Å². The maximum atomic E-state index is 12.6. The SMILES string of the molecule is CC1Oc2c(cccc2C(=O)NC2(C(=O)O)CCSC2)NC1=O. The van der Waals surface area contributed by atoms with Crippen LogP contribution in [-0.4, -0.2) is 46.0 Å². The highest BCUT2D eigenvalue weighted by Crippen LogP contribution is 2.34. The molecular formula is C15H16N2O5S. The van der Waals surface area contributed by atoms with Gasteiger partial charge in [0.1, 0.15) is 5.54 Å². The van der Waals surface area contributed by atoms with E-state index in [2.05, 4.69) is 10.6 Å². The molecule has 2 aliphatic heterocycles. The molecule has 0 aromatic heterocycles. The summed E-state index contributed by atoms with van der Waals surface area (Å²) in [7, 11) is 0. The van der Waals surface area contributed by atoms with Gasteiger partial charge in [-0.05, 0) is 31.2 Å². The highest BCUT2D eigenvalue weighted by Gasteiger charge is 2.44. The Kier molecular flexibility index (Phi) is 3.93. The number of rotatable bonds is 3. The smallest absolute Gasteiger partial charge is 0.330 e. The lowest BCUT2D eigenvalue weighted by atomic mass is 9.98. The maximum absolute atomic E-state index is 12.6. The minimum absolute atomic E-state index is 0.215. The van der Waals surface area contributed by atoms with Gasteiger partial charge in [0.25, 0.3) is 11.8 Å². The maximum Gasteiger partial charge on any atom is 0.330 e. The number of carbonyl (C=O) groups excluding carboxylic acids is 2. The molecule has 3 rings (SSSR count). The van der Waals surface area contributed by atoms with Gasteiger partial charge in [-0.25, -0.2) is 4.79 Å². The lowest BCUT2D eigenvalue weighted by Crippen LogP contribution is -2.54. The number of para-hydroxylation sites is 1. The van der Waals surface area contributed by atoms with Gasteiger partial charge >= 0.3 is 5.97 Å². The van der Waals surface area contributed by atoms with Gasteiger partial charge in [0.15, 0.2) is 11.9 Å². The summed E-state index contributed by atoms with van der Waals surface area (Å²) in [5.74, 6) is -0.564. The summed E-state index contributed by atoms with van der Waals surface area (Å²) < 4.78 is 5.53. The molecule has 1 aromatic rings. The first-order chi connectivity index (χ1) is 10.9. The molecule has 0 bridgehead atoms. The monoisotopic (exact) mass is 336 g/mol. The fourth-order valence-electron chi connectivity index (χ4n) is 2.58. The number of carbonyl (C=O) groups is 3. The van der Waals surface area contributed by atoms with Crippen molar-refractivity contribution in [1.29, 1.82) is 0 Å². The van der Waals surface area contributed by atoms with Gasteiger partial charge in [0.05, 0.1) is 11.3 Å². The van der Waals surface area contributed by atoms with Crippen molar-refractivity contribution < 1.29 is 24.2 Å². The Morgan fingerprint density at radius 2 is 2.26 bits per heavy atom. The van der Waals surface area contributed by atoms with Crippen LogP contribution in [0.3, 0.4) is 0 Å². The number of benzene rings is 1. The number of hydrogen-bond acceptors (Lipinski definition) is 5. The predicted molar refractivity (Wildman–Crippen MR) is 84.9 cm³/mol. The molecule has 1 fully saturated rings. The molecule has 2 unspecified atom stereocenters. The van der Waals surface area contributed by atoms with Gasteiger partial charge in [-0.15, -0.1) is 0 Å². The number of hydrogen-bond donors (Lipinski definition) is 3. The van der Waals surface area contributed by atoms with E-state index in [4.69, 9.17) is 4.74 Å². The first-order valence-electron chi connectivity index (χ1n) is 7.17. The van der Waals surface area contributed by atoms with Crippen molar-refractivity contribution in [2.75, 3.05) is 16.8 Å². The van der Waals surface area contributed by atoms with Gasteiger partial charge in [0, 0.05) is 5.75 Å². The molecule has 0 aliphatic carbocycles. The molecular weight excluding hydrogens is 320 g/mol. The molecule has 0 saturated carbocycles. The Labute approximate surface area is 136 Å². The number of ether oxygens (including phenoxy) is 1. The zero-order chi connectivity index (χ0) is 16.6. The molecule has 2 atom stereocenters. The van der Waals surface area contributed by atoms with E-state index in [1.807, 2.05) is 0 Å². The van der Waals surface area contributed by atoms with Crippen LogP contribution in [0.1, 0.15) is 23.7 Å². The van der Waals surface area contributed by atoms with Gasteiger partial charge in [-0.1, -0.05) is 6.07 Å². The largest absolute Gasteiger partial charge is 0.479 e. The van der Waals surface area contributed by atoms with Crippen LogP contribution < -0.4 is 15.4 Å². The lowest BCUT2D eigenvalue weighted by molar-refractivity contribution is -0.143. The summed E-state index contributed by atoms with van der Waals surface area (Å²) in [6.45, 7) is 1.58. The molecule has 1 aromatic carbocycles. The van der Waals surface area contributed by atoms with Gasteiger partial charge < -0.3 is 20.5 Å². The summed E-state index contributed by atoms with van der Waals surface area (Å²) in [6.07, 6.45) is -0.339. The molecule has 0 spiro atoms. The second-order valence-electron chi connectivity index (χ2n) is 5.58. The third-order valence-corrected chi connectivity index (χ3v) is 5.15. The summed E-state index contributed by atoms with van der Waals surface area (Å²) in [6, 6.07) is 4.80. The Balaban J connectivity index is 1.90. The highest BCUT2D eigenvalue weighted by molar-refractivity contribution is 7.99. The molecule has 2 heterocycles.